The zero-order valence-electron chi connectivity index (χ0n) is 11.6. The molecule has 0 saturated carbocycles. The van der Waals surface area contributed by atoms with Crippen molar-refractivity contribution < 1.29 is 9.64 Å². The van der Waals surface area contributed by atoms with Crippen LogP contribution in [-0.4, -0.2) is 26.2 Å². The van der Waals surface area contributed by atoms with Gasteiger partial charge in [0.15, 0.2) is 0 Å². The average molecular weight is 303 g/mol. The number of likely N-dealkylation sites (tertiary alicyclic amines) is 1. The lowest BCUT2D eigenvalue weighted by molar-refractivity contribution is -0.912. The first-order chi connectivity index (χ1) is 9.04. The van der Waals surface area contributed by atoms with E-state index in [-0.39, 0.29) is 0 Å². The SMILES string of the molecule is C[C@@H]1C[C@@H](C)C[NH+](CCOc2ccc(Cl)cc2Cl)C1. The number of hydrogen-bond donors (Lipinski definition) is 1. The third-order valence-electron chi connectivity index (χ3n) is 3.69. The highest BCUT2D eigenvalue weighted by Gasteiger charge is 2.24. The van der Waals surface area contributed by atoms with Crippen LogP contribution in [0.15, 0.2) is 18.2 Å². The second-order valence-electron chi connectivity index (χ2n) is 5.78. The van der Waals surface area contributed by atoms with Crippen molar-refractivity contribution in [3.8, 4) is 5.75 Å². The summed E-state index contributed by atoms with van der Waals surface area (Å²) in [5, 5.41) is 1.23. The third kappa shape index (κ3) is 4.55. The van der Waals surface area contributed by atoms with Crippen molar-refractivity contribution >= 4 is 23.2 Å². The number of benzene rings is 1. The van der Waals surface area contributed by atoms with E-state index in [1.165, 1.54) is 19.5 Å². The molecule has 1 N–H and O–H groups in total. The Hall–Kier alpha value is -0.440. The topological polar surface area (TPSA) is 13.7 Å². The fraction of sp³-hybridized carbons (Fsp3) is 0.600. The van der Waals surface area contributed by atoms with Crippen LogP contribution in [0, 0.1) is 11.8 Å². The lowest BCUT2D eigenvalue weighted by Gasteiger charge is -2.31. The van der Waals surface area contributed by atoms with Gasteiger partial charge in [0, 0.05) is 16.9 Å². The van der Waals surface area contributed by atoms with Crippen molar-refractivity contribution in [3.63, 3.8) is 0 Å². The van der Waals surface area contributed by atoms with Crippen LogP contribution < -0.4 is 9.64 Å². The quantitative estimate of drug-likeness (QED) is 0.903. The summed E-state index contributed by atoms with van der Waals surface area (Å²) in [6, 6.07) is 5.36. The molecule has 19 heavy (non-hydrogen) atoms. The van der Waals surface area contributed by atoms with E-state index in [1.807, 2.05) is 6.07 Å². The van der Waals surface area contributed by atoms with Crippen LogP contribution in [0.4, 0.5) is 0 Å². The number of rotatable bonds is 4. The van der Waals surface area contributed by atoms with E-state index in [1.54, 1.807) is 17.0 Å². The molecule has 1 aliphatic rings. The Bertz CT molecular complexity index is 415. The van der Waals surface area contributed by atoms with E-state index >= 15 is 0 Å². The molecule has 1 fully saturated rings. The van der Waals surface area contributed by atoms with Crippen molar-refractivity contribution in [1.82, 2.24) is 0 Å². The van der Waals surface area contributed by atoms with E-state index < -0.39 is 0 Å². The largest absolute Gasteiger partial charge is 0.486 e. The van der Waals surface area contributed by atoms with E-state index in [0.717, 1.165) is 24.1 Å². The highest BCUT2D eigenvalue weighted by molar-refractivity contribution is 6.35. The smallest absolute Gasteiger partial charge is 0.138 e. The van der Waals surface area contributed by atoms with Crippen LogP contribution in [0.2, 0.25) is 10.0 Å². The Labute approximate surface area is 125 Å². The molecule has 1 saturated heterocycles. The summed E-state index contributed by atoms with van der Waals surface area (Å²) in [5.74, 6) is 2.36. The van der Waals surface area contributed by atoms with Gasteiger partial charge in [-0.3, -0.25) is 0 Å². The van der Waals surface area contributed by atoms with Gasteiger partial charge in [0.25, 0.3) is 0 Å². The van der Waals surface area contributed by atoms with Crippen molar-refractivity contribution in [1.29, 1.82) is 0 Å². The molecule has 1 aromatic rings. The Morgan fingerprint density at radius 2 is 1.89 bits per heavy atom. The summed E-state index contributed by atoms with van der Waals surface area (Å²) >= 11 is 11.9. The second kappa shape index (κ2) is 6.83. The van der Waals surface area contributed by atoms with E-state index in [4.69, 9.17) is 27.9 Å². The van der Waals surface area contributed by atoms with Gasteiger partial charge in [-0.05, 0) is 24.6 Å². The third-order valence-corrected chi connectivity index (χ3v) is 4.22. The minimum Gasteiger partial charge on any atom is -0.486 e. The standard InChI is InChI=1S/C15H21Cl2NO/c1-11-7-12(2)10-18(9-11)5-6-19-15-4-3-13(16)8-14(15)17/h3-4,8,11-12H,5-7,9-10H2,1-2H3/p+1/t11-,12-/m1/s1. The van der Waals surface area contributed by atoms with E-state index in [2.05, 4.69) is 13.8 Å². The minimum absolute atomic E-state index is 0.586. The lowest BCUT2D eigenvalue weighted by Crippen LogP contribution is -3.14. The zero-order valence-corrected chi connectivity index (χ0v) is 13.1. The Morgan fingerprint density at radius 3 is 2.53 bits per heavy atom. The van der Waals surface area contributed by atoms with Gasteiger partial charge in [-0.2, -0.15) is 0 Å². The number of halogens is 2. The highest BCUT2D eigenvalue weighted by atomic mass is 35.5. The predicted octanol–water partition coefficient (Wildman–Crippen LogP) is 2.93. The highest BCUT2D eigenvalue weighted by Crippen LogP contribution is 2.27. The second-order valence-corrected chi connectivity index (χ2v) is 6.62. The molecule has 1 heterocycles. The normalized spacial score (nSPS) is 27.3. The molecule has 106 valence electrons. The molecule has 0 spiro atoms. The Kier molecular flexibility index (Phi) is 5.37. The van der Waals surface area contributed by atoms with Crippen molar-refractivity contribution in [3.05, 3.63) is 28.2 Å². The first-order valence-corrected chi connectivity index (χ1v) is 7.71. The van der Waals surface area contributed by atoms with Crippen molar-refractivity contribution in [2.45, 2.75) is 20.3 Å². The number of piperidine rings is 1. The van der Waals surface area contributed by atoms with Crippen molar-refractivity contribution in [2.24, 2.45) is 11.8 Å². The predicted molar refractivity (Wildman–Crippen MR) is 80.5 cm³/mol. The number of nitrogens with one attached hydrogen (secondary N) is 1. The molecule has 2 atom stereocenters. The van der Waals surface area contributed by atoms with Gasteiger partial charge < -0.3 is 9.64 Å². The molecule has 0 radical (unpaired) electrons. The summed E-state index contributed by atoms with van der Waals surface area (Å²) < 4.78 is 5.75. The molecule has 2 nitrogen and oxygen atoms in total. The summed E-state index contributed by atoms with van der Waals surface area (Å²) in [6.45, 7) is 8.92. The summed E-state index contributed by atoms with van der Waals surface area (Å²) in [7, 11) is 0. The molecule has 1 aliphatic heterocycles. The molecule has 0 aliphatic carbocycles. The molecule has 1 aromatic carbocycles. The maximum Gasteiger partial charge on any atom is 0.138 e. The molecule has 0 aromatic heterocycles. The summed E-state index contributed by atoms with van der Waals surface area (Å²) in [6.07, 6.45) is 1.35. The van der Waals surface area contributed by atoms with Gasteiger partial charge in [-0.25, -0.2) is 0 Å². The minimum atomic E-state index is 0.586. The van der Waals surface area contributed by atoms with Crippen LogP contribution in [0.3, 0.4) is 0 Å². The van der Waals surface area contributed by atoms with Gasteiger partial charge in [-0.15, -0.1) is 0 Å². The molecule has 0 unspecified atom stereocenters. The van der Waals surface area contributed by atoms with Crippen LogP contribution in [0.5, 0.6) is 5.75 Å². The Balaban J connectivity index is 1.80. The number of ether oxygens (including phenoxy) is 1. The van der Waals surface area contributed by atoms with Gasteiger partial charge in [0.1, 0.15) is 18.9 Å². The molecule has 2 rings (SSSR count). The zero-order chi connectivity index (χ0) is 13.8. The van der Waals surface area contributed by atoms with E-state index in [0.29, 0.717) is 16.7 Å². The van der Waals surface area contributed by atoms with Crippen LogP contribution >= 0.6 is 23.2 Å². The fourth-order valence-corrected chi connectivity index (χ4v) is 3.49. The van der Waals surface area contributed by atoms with Crippen LogP contribution in [0.25, 0.3) is 0 Å². The molecular weight excluding hydrogens is 281 g/mol. The van der Waals surface area contributed by atoms with Gasteiger partial charge in [-0.1, -0.05) is 37.0 Å². The van der Waals surface area contributed by atoms with Gasteiger partial charge >= 0.3 is 0 Å². The molecule has 0 bridgehead atoms. The fourth-order valence-electron chi connectivity index (χ4n) is 3.02. The maximum absolute atomic E-state index is 6.08. The maximum atomic E-state index is 6.08. The van der Waals surface area contributed by atoms with Crippen LogP contribution in [-0.2, 0) is 0 Å². The first-order valence-electron chi connectivity index (χ1n) is 6.96. The Morgan fingerprint density at radius 1 is 1.21 bits per heavy atom. The van der Waals surface area contributed by atoms with Gasteiger partial charge in [0.05, 0.1) is 18.1 Å². The molecule has 4 heteroatoms. The molecule has 0 amide bonds. The first kappa shape index (κ1) is 15.0. The van der Waals surface area contributed by atoms with E-state index in [9.17, 15) is 0 Å². The van der Waals surface area contributed by atoms with Crippen molar-refractivity contribution in [2.75, 3.05) is 26.2 Å². The number of hydrogen-bond acceptors (Lipinski definition) is 1. The average Bonchev–Trinajstić information content (AvgIpc) is 2.30. The molecular formula is C15H22Cl2NO+. The summed E-state index contributed by atoms with van der Waals surface area (Å²) in [4.78, 5) is 1.64. The number of quaternary nitrogens is 1. The monoisotopic (exact) mass is 302 g/mol. The van der Waals surface area contributed by atoms with Crippen LogP contribution in [0.1, 0.15) is 20.3 Å². The lowest BCUT2D eigenvalue weighted by atomic mass is 9.92. The van der Waals surface area contributed by atoms with Gasteiger partial charge in [0.2, 0.25) is 0 Å². The summed E-state index contributed by atoms with van der Waals surface area (Å²) in [5.41, 5.74) is 0.